The van der Waals surface area contributed by atoms with Crippen LogP contribution in [0.2, 0.25) is 0 Å². The predicted molar refractivity (Wildman–Crippen MR) is 107 cm³/mol. The zero-order valence-corrected chi connectivity index (χ0v) is 16.2. The van der Waals surface area contributed by atoms with Gasteiger partial charge in [-0.1, -0.05) is 71.1 Å². The second-order valence-corrected chi connectivity index (χ2v) is 7.19. The van der Waals surface area contributed by atoms with Gasteiger partial charge in [-0.05, 0) is 37.0 Å². The van der Waals surface area contributed by atoms with Gasteiger partial charge in [0.25, 0.3) is 5.91 Å². The minimum absolute atomic E-state index is 0.147. The number of hydrogen-bond donors (Lipinski definition) is 1. The van der Waals surface area contributed by atoms with Crippen molar-refractivity contribution in [3.8, 4) is 11.8 Å². The first-order chi connectivity index (χ1) is 12.7. The smallest absolute Gasteiger partial charge is 0.257 e. The molecule has 1 atom stereocenters. The minimum Gasteiger partial charge on any atom is -0.357 e. The molecule has 1 amide bonds. The molecule has 134 valence electrons. The lowest BCUT2D eigenvalue weighted by molar-refractivity contribution is -0.0362. The van der Waals surface area contributed by atoms with E-state index >= 15 is 0 Å². The Hall–Kier alpha value is -2.09. The maximum Gasteiger partial charge on any atom is 0.257 e. The van der Waals surface area contributed by atoms with Gasteiger partial charge in [-0.25, -0.2) is 0 Å². The molecule has 1 heterocycles. The van der Waals surface area contributed by atoms with Gasteiger partial charge in [0.1, 0.15) is 0 Å². The monoisotopic (exact) mass is 411 g/mol. The van der Waals surface area contributed by atoms with Crippen molar-refractivity contribution < 1.29 is 9.90 Å². The van der Waals surface area contributed by atoms with E-state index in [0.717, 1.165) is 36.6 Å². The van der Waals surface area contributed by atoms with Gasteiger partial charge in [0, 0.05) is 28.6 Å². The quantitative estimate of drug-likeness (QED) is 0.437. The highest BCUT2D eigenvalue weighted by Gasteiger charge is 2.47. The number of benzene rings is 2. The van der Waals surface area contributed by atoms with E-state index in [-0.39, 0.29) is 5.91 Å². The molecule has 1 unspecified atom stereocenters. The van der Waals surface area contributed by atoms with Crippen LogP contribution in [0.5, 0.6) is 0 Å². The van der Waals surface area contributed by atoms with Gasteiger partial charge in [0.2, 0.25) is 5.72 Å². The largest absolute Gasteiger partial charge is 0.357 e. The third-order valence-electron chi connectivity index (χ3n) is 4.59. The second kappa shape index (κ2) is 8.53. The fourth-order valence-corrected chi connectivity index (χ4v) is 3.60. The topological polar surface area (TPSA) is 40.5 Å². The average molecular weight is 412 g/mol. The highest BCUT2D eigenvalue weighted by molar-refractivity contribution is 9.09. The summed E-state index contributed by atoms with van der Waals surface area (Å²) in [6.07, 6.45) is 4.09. The number of hydrogen-bond acceptors (Lipinski definition) is 2. The Labute approximate surface area is 163 Å². The van der Waals surface area contributed by atoms with Crippen LogP contribution >= 0.6 is 15.9 Å². The van der Waals surface area contributed by atoms with E-state index in [1.54, 1.807) is 12.1 Å². The van der Waals surface area contributed by atoms with Crippen molar-refractivity contribution in [1.29, 1.82) is 0 Å². The summed E-state index contributed by atoms with van der Waals surface area (Å²) < 4.78 is 0. The highest BCUT2D eigenvalue weighted by atomic mass is 79.9. The van der Waals surface area contributed by atoms with E-state index < -0.39 is 5.72 Å². The minimum atomic E-state index is -1.57. The molecule has 2 aromatic carbocycles. The molecule has 1 aliphatic heterocycles. The van der Waals surface area contributed by atoms with Crippen LogP contribution in [0.25, 0.3) is 0 Å². The molecule has 0 radical (unpaired) electrons. The van der Waals surface area contributed by atoms with Gasteiger partial charge in [-0.15, -0.1) is 0 Å². The van der Waals surface area contributed by atoms with Crippen molar-refractivity contribution >= 4 is 21.8 Å². The Kier molecular flexibility index (Phi) is 6.13. The molecule has 0 bridgehead atoms. The summed E-state index contributed by atoms with van der Waals surface area (Å²) in [4.78, 5) is 14.3. The Morgan fingerprint density at radius 3 is 2.42 bits per heavy atom. The van der Waals surface area contributed by atoms with Gasteiger partial charge in [0.15, 0.2) is 0 Å². The van der Waals surface area contributed by atoms with Gasteiger partial charge >= 0.3 is 0 Å². The first-order valence-corrected chi connectivity index (χ1v) is 10.1. The lowest BCUT2D eigenvalue weighted by atomic mass is 10.0. The Morgan fingerprint density at radius 1 is 0.962 bits per heavy atom. The zero-order chi connectivity index (χ0) is 18.4. The summed E-state index contributed by atoms with van der Waals surface area (Å²) in [6.45, 7) is 0.496. The van der Waals surface area contributed by atoms with Gasteiger partial charge < -0.3 is 5.11 Å². The molecule has 26 heavy (non-hydrogen) atoms. The summed E-state index contributed by atoms with van der Waals surface area (Å²) >= 11 is 3.43. The Bertz CT molecular complexity index is 825. The van der Waals surface area contributed by atoms with Crippen LogP contribution in [-0.2, 0) is 5.72 Å². The van der Waals surface area contributed by atoms with Crippen LogP contribution in [0.1, 0.15) is 47.2 Å². The third kappa shape index (κ3) is 3.85. The van der Waals surface area contributed by atoms with Crippen LogP contribution in [0.4, 0.5) is 0 Å². The molecule has 3 rings (SSSR count). The molecule has 1 N–H and O–H groups in total. The van der Waals surface area contributed by atoms with Gasteiger partial charge in [-0.2, -0.15) is 0 Å². The molecule has 2 aromatic rings. The molecular weight excluding hydrogens is 390 g/mol. The maximum atomic E-state index is 12.8. The maximum absolute atomic E-state index is 12.8. The van der Waals surface area contributed by atoms with Crippen molar-refractivity contribution in [3.63, 3.8) is 0 Å². The molecule has 0 aromatic heterocycles. The predicted octanol–water partition coefficient (Wildman–Crippen LogP) is 4.29. The van der Waals surface area contributed by atoms with Crippen LogP contribution in [0, 0.1) is 11.8 Å². The van der Waals surface area contributed by atoms with Crippen molar-refractivity contribution in [1.82, 2.24) is 4.90 Å². The fraction of sp³-hybridized carbons (Fsp3) is 0.318. The number of halogens is 1. The highest BCUT2D eigenvalue weighted by Crippen LogP contribution is 2.37. The Morgan fingerprint density at radius 2 is 1.65 bits per heavy atom. The number of carbonyl (C=O) groups is 1. The van der Waals surface area contributed by atoms with E-state index in [9.17, 15) is 9.90 Å². The number of aliphatic hydroxyl groups is 1. The average Bonchev–Trinajstić information content (AvgIpc) is 2.89. The SMILES string of the molecule is O=C1c2ccccc2C(O)(C#Cc2ccccc2)N1CCCCCCBr. The number of alkyl halides is 1. The van der Waals surface area contributed by atoms with E-state index in [4.69, 9.17) is 0 Å². The molecule has 0 fully saturated rings. The summed E-state index contributed by atoms with van der Waals surface area (Å²) in [5, 5.41) is 12.4. The van der Waals surface area contributed by atoms with Crippen LogP contribution in [0.3, 0.4) is 0 Å². The van der Waals surface area contributed by atoms with Gasteiger partial charge in [0.05, 0.1) is 0 Å². The van der Waals surface area contributed by atoms with E-state index in [0.29, 0.717) is 17.7 Å². The molecular formula is C22H22BrNO2. The van der Waals surface area contributed by atoms with Crippen molar-refractivity contribution in [2.45, 2.75) is 31.4 Å². The first kappa shape index (κ1) is 18.7. The molecule has 0 spiro atoms. The van der Waals surface area contributed by atoms with Crippen LogP contribution in [-0.4, -0.2) is 27.8 Å². The molecule has 3 nitrogen and oxygen atoms in total. The van der Waals surface area contributed by atoms with E-state index in [2.05, 4.69) is 27.8 Å². The number of fused-ring (bicyclic) bond motifs is 1. The van der Waals surface area contributed by atoms with E-state index in [1.165, 1.54) is 4.90 Å². The van der Waals surface area contributed by atoms with Crippen LogP contribution in [0.15, 0.2) is 54.6 Å². The standard InChI is InChI=1S/C22H22BrNO2/c23-16-8-1-2-9-17-24-21(25)19-12-6-7-13-20(19)22(24,26)15-14-18-10-4-3-5-11-18/h3-7,10-13,26H,1-2,8-9,16-17H2. The van der Waals surface area contributed by atoms with Crippen LogP contribution < -0.4 is 0 Å². The third-order valence-corrected chi connectivity index (χ3v) is 5.15. The molecule has 0 aliphatic carbocycles. The normalized spacial score (nSPS) is 18.4. The van der Waals surface area contributed by atoms with Crippen molar-refractivity contribution in [2.24, 2.45) is 0 Å². The summed E-state index contributed by atoms with van der Waals surface area (Å²) in [5.41, 5.74) is 0.362. The number of amides is 1. The number of rotatable bonds is 6. The van der Waals surface area contributed by atoms with Crippen molar-refractivity contribution in [3.05, 3.63) is 71.3 Å². The number of nitrogens with zero attached hydrogens (tertiary/aromatic N) is 1. The fourth-order valence-electron chi connectivity index (χ4n) is 3.21. The molecule has 0 saturated heterocycles. The first-order valence-electron chi connectivity index (χ1n) is 8.95. The molecule has 4 heteroatoms. The summed E-state index contributed by atoms with van der Waals surface area (Å²) in [7, 11) is 0. The summed E-state index contributed by atoms with van der Waals surface area (Å²) in [5.74, 6) is 5.85. The lowest BCUT2D eigenvalue weighted by Gasteiger charge is -2.29. The Balaban J connectivity index is 1.87. The molecule has 0 saturated carbocycles. The van der Waals surface area contributed by atoms with Gasteiger partial charge in [-0.3, -0.25) is 9.69 Å². The number of carbonyl (C=O) groups excluding carboxylic acids is 1. The van der Waals surface area contributed by atoms with E-state index in [1.807, 2.05) is 42.5 Å². The second-order valence-electron chi connectivity index (χ2n) is 6.39. The molecule has 1 aliphatic rings. The van der Waals surface area contributed by atoms with Crippen molar-refractivity contribution in [2.75, 3.05) is 11.9 Å². The summed E-state index contributed by atoms with van der Waals surface area (Å²) in [6, 6.07) is 16.7. The lowest BCUT2D eigenvalue weighted by Crippen LogP contribution is -2.43. The zero-order valence-electron chi connectivity index (χ0n) is 14.6. The number of unbranched alkanes of at least 4 members (excludes halogenated alkanes) is 3.